The maximum atomic E-state index is 12.8. The molecule has 7 rings (SSSR count). The molecule has 0 radical (unpaired) electrons. The van der Waals surface area contributed by atoms with Crippen LogP contribution in [-0.4, -0.2) is 48.9 Å². The minimum atomic E-state index is -0.664. The van der Waals surface area contributed by atoms with Gasteiger partial charge in [-0.3, -0.25) is 9.59 Å². The molecule has 2 amide bonds. The Bertz CT molecular complexity index is 1640. The molecular formula is C29H28ClN7O3. The average molecular weight is 558 g/mol. The van der Waals surface area contributed by atoms with E-state index in [1.807, 2.05) is 40.9 Å². The monoisotopic (exact) mass is 557 g/mol. The average Bonchev–Trinajstić information content (AvgIpc) is 3.86. The zero-order valence-corrected chi connectivity index (χ0v) is 22.4. The van der Waals surface area contributed by atoms with Gasteiger partial charge in [0.1, 0.15) is 18.0 Å². The fraction of sp³-hybridized carbons (Fsp3) is 0.345. The predicted octanol–water partition coefficient (Wildman–Crippen LogP) is 4.11. The molecule has 11 heteroatoms. The van der Waals surface area contributed by atoms with Crippen LogP contribution in [0, 0.1) is 5.92 Å². The maximum Gasteiger partial charge on any atom is 0.229 e. The highest BCUT2D eigenvalue weighted by Crippen LogP contribution is 2.48. The van der Waals surface area contributed by atoms with Crippen LogP contribution < -0.4 is 15.5 Å². The van der Waals surface area contributed by atoms with Gasteiger partial charge in [0.15, 0.2) is 5.65 Å². The lowest BCUT2D eigenvalue weighted by atomic mass is 10.1. The fourth-order valence-corrected chi connectivity index (χ4v) is 5.71. The number of hydrogen-bond acceptors (Lipinski definition) is 7. The maximum absolute atomic E-state index is 12.8. The number of β-amino-alcohol motifs (C(OH)–C–C–N with tert-alkyl or cyclic N) is 1. The summed E-state index contributed by atoms with van der Waals surface area (Å²) in [7, 11) is 0. The molecule has 1 saturated heterocycles. The van der Waals surface area contributed by atoms with Crippen LogP contribution in [0.5, 0.6) is 0 Å². The van der Waals surface area contributed by atoms with E-state index in [9.17, 15) is 14.7 Å². The first kappa shape index (κ1) is 25.0. The van der Waals surface area contributed by atoms with Crippen molar-refractivity contribution in [1.82, 2.24) is 19.4 Å². The SMILES string of the molecule is O=C(Nc1cc(NCc2cn3cc(C4CC4)cc(N4C[C@@H](O)CC4=O)c3n2)ncn1)[C@H]1C[C@@H]1c1cccc(Cl)c1. The first-order valence-corrected chi connectivity index (χ1v) is 13.9. The van der Waals surface area contributed by atoms with E-state index in [1.54, 1.807) is 11.0 Å². The molecule has 4 heterocycles. The molecule has 0 unspecified atom stereocenters. The van der Waals surface area contributed by atoms with Gasteiger partial charge in [0, 0.05) is 29.4 Å². The molecule has 3 aromatic heterocycles. The number of anilines is 3. The summed E-state index contributed by atoms with van der Waals surface area (Å²) >= 11 is 6.10. The Balaban J connectivity index is 1.04. The Hall–Kier alpha value is -4.02. The molecule has 3 N–H and O–H groups in total. The minimum Gasteiger partial charge on any atom is -0.391 e. The van der Waals surface area contributed by atoms with Crippen molar-refractivity contribution in [2.45, 2.75) is 50.2 Å². The summed E-state index contributed by atoms with van der Waals surface area (Å²) < 4.78 is 1.97. The third kappa shape index (κ3) is 5.00. The van der Waals surface area contributed by atoms with Crippen LogP contribution in [0.25, 0.3) is 5.65 Å². The van der Waals surface area contributed by atoms with Gasteiger partial charge in [-0.15, -0.1) is 0 Å². The second-order valence-electron chi connectivity index (χ2n) is 10.9. The number of benzene rings is 1. The van der Waals surface area contributed by atoms with E-state index in [0.717, 1.165) is 36.2 Å². The first-order chi connectivity index (χ1) is 19.4. The number of aromatic nitrogens is 4. The Morgan fingerprint density at radius 3 is 2.73 bits per heavy atom. The highest BCUT2D eigenvalue weighted by Gasteiger charge is 2.44. The van der Waals surface area contributed by atoms with Crippen molar-refractivity contribution in [2.75, 3.05) is 22.1 Å². The van der Waals surface area contributed by atoms with Crippen LogP contribution in [0.1, 0.15) is 54.3 Å². The number of carbonyl (C=O) groups excluding carboxylic acids is 2. The summed E-state index contributed by atoms with van der Waals surface area (Å²) in [5.74, 6) is 1.37. The lowest BCUT2D eigenvalue weighted by Crippen LogP contribution is -2.26. The van der Waals surface area contributed by atoms with Gasteiger partial charge >= 0.3 is 0 Å². The summed E-state index contributed by atoms with van der Waals surface area (Å²) in [6.45, 7) is 0.666. The smallest absolute Gasteiger partial charge is 0.229 e. The normalized spacial score (nSPS) is 22.1. The summed E-state index contributed by atoms with van der Waals surface area (Å²) in [5, 5.41) is 16.9. The lowest BCUT2D eigenvalue weighted by molar-refractivity contribution is -0.118. The van der Waals surface area contributed by atoms with Crippen LogP contribution in [0.15, 0.2) is 55.1 Å². The molecule has 3 aliphatic rings. The molecule has 1 aromatic carbocycles. The predicted molar refractivity (Wildman–Crippen MR) is 150 cm³/mol. The number of nitrogens with zero attached hydrogens (tertiary/aromatic N) is 5. The molecule has 4 aromatic rings. The Morgan fingerprint density at radius 1 is 1.10 bits per heavy atom. The van der Waals surface area contributed by atoms with Gasteiger partial charge in [-0.25, -0.2) is 15.0 Å². The Kier molecular flexibility index (Phi) is 6.16. The molecule has 0 bridgehead atoms. The van der Waals surface area contributed by atoms with Crippen LogP contribution in [-0.2, 0) is 16.1 Å². The minimum absolute atomic E-state index is 0.0736. The van der Waals surface area contributed by atoms with Crippen molar-refractivity contribution in [3.05, 3.63) is 77.0 Å². The number of aliphatic hydroxyl groups excluding tert-OH is 1. The third-order valence-corrected chi connectivity index (χ3v) is 8.06. The summed E-state index contributed by atoms with van der Waals surface area (Å²) in [6, 6.07) is 11.4. The van der Waals surface area contributed by atoms with Crippen molar-refractivity contribution in [3.8, 4) is 0 Å². The lowest BCUT2D eigenvalue weighted by Gasteiger charge is -2.18. The van der Waals surface area contributed by atoms with E-state index >= 15 is 0 Å². The summed E-state index contributed by atoms with van der Waals surface area (Å²) in [6.07, 6.45) is 7.96. The Morgan fingerprint density at radius 2 is 1.95 bits per heavy atom. The zero-order valence-electron chi connectivity index (χ0n) is 21.6. The molecule has 0 spiro atoms. The standard InChI is InChI=1S/C29H28ClN7O3/c30-19-3-1-2-17(6-19)22-9-23(22)29(40)35-26-10-25(32-15-33-26)31-11-20-13-36-12-18(16-4-5-16)7-24(28(36)34-20)37-14-21(38)8-27(37)39/h1-3,6-7,10,12-13,15-16,21-23,38H,4-5,8-9,11,14H2,(H2,31,32,33,35,40)/t21-,22+,23-/m0/s1. The van der Waals surface area contributed by atoms with Gasteiger partial charge in [0.25, 0.3) is 0 Å². The van der Waals surface area contributed by atoms with Crippen LogP contribution in [0.3, 0.4) is 0 Å². The summed E-state index contributed by atoms with van der Waals surface area (Å²) in [5.41, 5.74) is 4.44. The van der Waals surface area contributed by atoms with Gasteiger partial charge in [-0.2, -0.15) is 0 Å². The van der Waals surface area contributed by atoms with Gasteiger partial charge < -0.3 is 25.0 Å². The van der Waals surface area contributed by atoms with Gasteiger partial charge in [-0.1, -0.05) is 23.7 Å². The van der Waals surface area contributed by atoms with Crippen LogP contribution in [0.2, 0.25) is 5.02 Å². The topological polar surface area (TPSA) is 125 Å². The van der Waals surface area contributed by atoms with Gasteiger partial charge in [0.05, 0.1) is 37.0 Å². The van der Waals surface area contributed by atoms with Gasteiger partial charge in [-0.05, 0) is 60.4 Å². The van der Waals surface area contributed by atoms with E-state index in [2.05, 4.69) is 26.8 Å². The first-order valence-electron chi connectivity index (χ1n) is 13.5. The van der Waals surface area contributed by atoms with Crippen LogP contribution >= 0.6 is 11.6 Å². The number of nitrogens with one attached hydrogen (secondary N) is 2. The zero-order chi connectivity index (χ0) is 27.4. The molecule has 1 aliphatic heterocycles. The van der Waals surface area contributed by atoms with Crippen molar-refractivity contribution < 1.29 is 14.7 Å². The van der Waals surface area contributed by atoms with Crippen molar-refractivity contribution in [3.63, 3.8) is 0 Å². The summed E-state index contributed by atoms with van der Waals surface area (Å²) in [4.78, 5) is 40.3. The molecule has 204 valence electrons. The highest BCUT2D eigenvalue weighted by molar-refractivity contribution is 6.30. The van der Waals surface area contributed by atoms with E-state index in [0.29, 0.717) is 34.8 Å². The van der Waals surface area contributed by atoms with Crippen molar-refractivity contribution in [2.24, 2.45) is 5.92 Å². The number of halogens is 1. The molecular weight excluding hydrogens is 530 g/mol. The number of imidazole rings is 1. The quantitative estimate of drug-likeness (QED) is 0.298. The molecule has 2 saturated carbocycles. The second-order valence-corrected chi connectivity index (χ2v) is 11.3. The number of fused-ring (bicyclic) bond motifs is 1. The van der Waals surface area contributed by atoms with E-state index in [1.165, 1.54) is 11.9 Å². The number of pyridine rings is 1. The van der Waals surface area contributed by atoms with E-state index < -0.39 is 6.10 Å². The molecule has 10 nitrogen and oxygen atoms in total. The molecule has 40 heavy (non-hydrogen) atoms. The number of rotatable bonds is 8. The van der Waals surface area contributed by atoms with Crippen molar-refractivity contribution >= 4 is 46.4 Å². The van der Waals surface area contributed by atoms with Crippen LogP contribution in [0.4, 0.5) is 17.3 Å². The Labute approximate surface area is 235 Å². The number of carbonyl (C=O) groups is 2. The fourth-order valence-electron chi connectivity index (χ4n) is 5.51. The third-order valence-electron chi connectivity index (χ3n) is 7.82. The van der Waals surface area contributed by atoms with E-state index in [4.69, 9.17) is 16.6 Å². The largest absolute Gasteiger partial charge is 0.391 e. The molecule has 3 fully saturated rings. The molecule has 3 atom stereocenters. The van der Waals surface area contributed by atoms with Gasteiger partial charge in [0.2, 0.25) is 11.8 Å². The van der Waals surface area contributed by atoms with Crippen molar-refractivity contribution in [1.29, 1.82) is 0 Å². The number of aliphatic hydroxyl groups is 1. The highest BCUT2D eigenvalue weighted by atomic mass is 35.5. The number of hydrogen-bond donors (Lipinski definition) is 3. The number of amides is 2. The second kappa shape index (κ2) is 9.87. The molecule has 2 aliphatic carbocycles. The van der Waals surface area contributed by atoms with E-state index in [-0.39, 0.29) is 36.6 Å².